The Morgan fingerprint density at radius 3 is 2.67 bits per heavy atom. The first-order chi connectivity index (χ1) is 7.40. The van der Waals surface area contributed by atoms with Crippen LogP contribution in [0.1, 0.15) is 11.1 Å². The van der Waals surface area contributed by atoms with E-state index in [2.05, 4.69) is 58.7 Å². The van der Waals surface area contributed by atoms with Crippen LogP contribution in [0.4, 0.5) is 0 Å². The van der Waals surface area contributed by atoms with Gasteiger partial charge in [0.05, 0.1) is 22.9 Å². The fourth-order valence-corrected chi connectivity index (χ4v) is 2.45. The minimum atomic E-state index is 0.605. The lowest BCUT2D eigenvalue weighted by molar-refractivity contribution is 0.464. The summed E-state index contributed by atoms with van der Waals surface area (Å²) in [5.41, 5.74) is 3.82. The zero-order chi connectivity index (χ0) is 10.3. The summed E-state index contributed by atoms with van der Waals surface area (Å²) in [5.74, 6) is 0. The van der Waals surface area contributed by atoms with Crippen molar-refractivity contribution in [2.24, 2.45) is 0 Å². The van der Waals surface area contributed by atoms with E-state index < -0.39 is 0 Å². The van der Waals surface area contributed by atoms with Gasteiger partial charge in [-0.1, -0.05) is 36.4 Å². The molecule has 0 N–H and O–H groups in total. The van der Waals surface area contributed by atoms with Crippen molar-refractivity contribution in [3.63, 3.8) is 0 Å². The van der Waals surface area contributed by atoms with Crippen molar-refractivity contribution >= 4 is 38.7 Å². The Morgan fingerprint density at radius 1 is 1.07 bits per heavy atom. The minimum Gasteiger partial charge on any atom is -0.303 e. The Morgan fingerprint density at radius 2 is 1.87 bits per heavy atom. The van der Waals surface area contributed by atoms with Crippen LogP contribution in [0.15, 0.2) is 36.4 Å². The topological polar surface area (TPSA) is 9.23 Å². The van der Waals surface area contributed by atoms with Gasteiger partial charge < -0.3 is 3.83 Å². The normalized spacial score (nSPS) is 13.3. The quantitative estimate of drug-likeness (QED) is 0.793. The van der Waals surface area contributed by atoms with Crippen molar-refractivity contribution in [2.45, 2.75) is 0 Å². The summed E-state index contributed by atoms with van der Waals surface area (Å²) in [6, 6.07) is 12.8. The summed E-state index contributed by atoms with van der Waals surface area (Å²) >= 11 is 3.01. The fraction of sp³-hybridized carbons (Fsp3) is 0.0769. The van der Waals surface area contributed by atoms with E-state index in [1.807, 2.05) is 0 Å². The molecule has 0 saturated heterocycles. The maximum Gasteiger partial charge on any atom is 0.0991 e. The largest absolute Gasteiger partial charge is 0.303 e. The monoisotopic (exact) mass is 260 g/mol. The molecule has 0 amide bonds. The molecule has 0 heterocycles. The van der Waals surface area contributed by atoms with Gasteiger partial charge in [-0.3, -0.25) is 0 Å². The predicted molar refractivity (Wildman–Crippen MR) is 66.7 cm³/mol. The van der Waals surface area contributed by atoms with Crippen molar-refractivity contribution in [3.8, 4) is 0 Å². The molecule has 3 rings (SSSR count). The summed E-state index contributed by atoms with van der Waals surface area (Å²) < 4.78 is 5.03. The molecule has 1 nitrogen and oxygen atoms in total. The van der Waals surface area contributed by atoms with Gasteiger partial charge in [-0.05, 0) is 33.5 Å². The van der Waals surface area contributed by atoms with Crippen LogP contribution in [0.2, 0.25) is 0 Å². The van der Waals surface area contributed by atoms with Crippen molar-refractivity contribution in [1.82, 2.24) is 0 Å². The molecule has 0 saturated carbocycles. The lowest BCUT2D eigenvalue weighted by atomic mass is 10.0. The van der Waals surface area contributed by atoms with Crippen molar-refractivity contribution in [1.29, 1.82) is 0 Å². The lowest BCUT2D eigenvalue weighted by Gasteiger charge is -2.03. The second-order valence-electron chi connectivity index (χ2n) is 3.67. The van der Waals surface area contributed by atoms with Gasteiger partial charge in [-0.2, -0.15) is 0 Å². The summed E-state index contributed by atoms with van der Waals surface area (Å²) in [5, 5.41) is 2.64. The van der Waals surface area contributed by atoms with Crippen LogP contribution < -0.4 is 0 Å². The first-order valence-corrected chi connectivity index (χ1v) is 5.51. The van der Waals surface area contributed by atoms with Gasteiger partial charge in [0.15, 0.2) is 0 Å². The van der Waals surface area contributed by atoms with E-state index in [-0.39, 0.29) is 0 Å². The third kappa shape index (κ3) is 1.33. The van der Waals surface area contributed by atoms with Crippen LogP contribution in [-0.4, -0.2) is 6.61 Å². The average molecular weight is 261 g/mol. The van der Waals surface area contributed by atoms with Gasteiger partial charge in [0.2, 0.25) is 0 Å². The van der Waals surface area contributed by atoms with E-state index in [9.17, 15) is 0 Å². The highest BCUT2D eigenvalue weighted by Crippen LogP contribution is 2.36. The molecule has 15 heavy (non-hydrogen) atoms. The molecular formula is C13H9BrO. The standard InChI is InChI=1S/C13H9BrO/c14-15-8-11-7-10-5-1-3-9-4-2-6-12(11)13(9)10/h1-7H,8H2. The smallest absolute Gasteiger partial charge is 0.0991 e. The summed E-state index contributed by atoms with van der Waals surface area (Å²) in [4.78, 5) is 0. The van der Waals surface area contributed by atoms with Crippen LogP contribution in [0.3, 0.4) is 0 Å². The van der Waals surface area contributed by atoms with Gasteiger partial charge in [0, 0.05) is 0 Å². The van der Waals surface area contributed by atoms with E-state index in [0.717, 1.165) is 0 Å². The Labute approximate surface area is 96.8 Å². The molecule has 0 fully saturated rings. The molecule has 2 aromatic rings. The second-order valence-corrected chi connectivity index (χ2v) is 4.13. The summed E-state index contributed by atoms with van der Waals surface area (Å²) in [6.07, 6.45) is 2.19. The molecule has 0 aromatic heterocycles. The van der Waals surface area contributed by atoms with Gasteiger partial charge >= 0.3 is 0 Å². The number of hydrogen-bond donors (Lipinski definition) is 0. The van der Waals surface area contributed by atoms with E-state index >= 15 is 0 Å². The number of hydrogen-bond acceptors (Lipinski definition) is 1. The van der Waals surface area contributed by atoms with Crippen molar-refractivity contribution < 1.29 is 3.83 Å². The van der Waals surface area contributed by atoms with Crippen LogP contribution >= 0.6 is 16.3 Å². The highest BCUT2D eigenvalue weighted by Gasteiger charge is 2.15. The molecule has 74 valence electrons. The second kappa shape index (κ2) is 3.47. The SMILES string of the molecule is BrOCC1=Cc2cccc3cccc1c23. The molecule has 2 heteroatoms. The number of halogens is 1. The summed E-state index contributed by atoms with van der Waals surface area (Å²) in [7, 11) is 0. The summed E-state index contributed by atoms with van der Waals surface area (Å²) in [6.45, 7) is 0.605. The molecular weight excluding hydrogens is 252 g/mol. The lowest BCUT2D eigenvalue weighted by Crippen LogP contribution is -1.87. The first-order valence-electron chi connectivity index (χ1n) is 4.86. The zero-order valence-corrected chi connectivity index (χ0v) is 9.62. The Bertz CT molecular complexity index is 552. The Kier molecular flexibility index (Phi) is 2.11. The van der Waals surface area contributed by atoms with Gasteiger partial charge in [-0.15, -0.1) is 0 Å². The molecule has 0 atom stereocenters. The maximum atomic E-state index is 5.03. The molecule has 1 aliphatic rings. The molecule has 2 aromatic carbocycles. The van der Waals surface area contributed by atoms with Gasteiger partial charge in [0.1, 0.15) is 0 Å². The first kappa shape index (κ1) is 9.13. The third-order valence-corrected chi connectivity index (χ3v) is 3.05. The molecule has 0 unspecified atom stereocenters. The number of benzene rings is 2. The highest BCUT2D eigenvalue weighted by atomic mass is 79.9. The van der Waals surface area contributed by atoms with Gasteiger partial charge in [-0.25, -0.2) is 0 Å². The predicted octanol–water partition coefficient (Wildman–Crippen LogP) is 4.02. The Hall–Kier alpha value is -1.12. The zero-order valence-electron chi connectivity index (χ0n) is 8.03. The van der Waals surface area contributed by atoms with Gasteiger partial charge in [0.25, 0.3) is 0 Å². The fourth-order valence-electron chi connectivity index (χ4n) is 2.20. The highest BCUT2D eigenvalue weighted by molar-refractivity contribution is 9.06. The molecule has 0 bridgehead atoms. The van der Waals surface area contributed by atoms with Crippen molar-refractivity contribution in [2.75, 3.05) is 6.61 Å². The van der Waals surface area contributed by atoms with Crippen LogP contribution in [0.25, 0.3) is 22.4 Å². The maximum absolute atomic E-state index is 5.03. The molecule has 0 aliphatic heterocycles. The number of rotatable bonds is 2. The molecule has 0 radical (unpaired) electrons. The third-order valence-electron chi connectivity index (χ3n) is 2.82. The molecule has 0 spiro atoms. The average Bonchev–Trinajstić information content (AvgIpc) is 2.61. The van der Waals surface area contributed by atoms with E-state index in [1.165, 1.54) is 27.5 Å². The minimum absolute atomic E-state index is 0.605. The van der Waals surface area contributed by atoms with E-state index in [0.29, 0.717) is 6.61 Å². The molecule has 1 aliphatic carbocycles. The Balaban J connectivity index is 2.30. The van der Waals surface area contributed by atoms with Crippen LogP contribution in [-0.2, 0) is 3.83 Å². The van der Waals surface area contributed by atoms with E-state index in [1.54, 1.807) is 0 Å². The van der Waals surface area contributed by atoms with Crippen LogP contribution in [0, 0.1) is 0 Å². The van der Waals surface area contributed by atoms with Crippen molar-refractivity contribution in [3.05, 3.63) is 47.5 Å². The van der Waals surface area contributed by atoms with E-state index in [4.69, 9.17) is 3.83 Å². The van der Waals surface area contributed by atoms with Crippen LogP contribution in [0.5, 0.6) is 0 Å².